The first kappa shape index (κ1) is 21.8. The molecule has 1 aromatic heterocycles. The molecule has 0 radical (unpaired) electrons. The standard InChI is InChI=1S/C22H25N5O4/c1-4-5-6-15-7-9-16(10-8-15)25-21-20(27(28)29)22(24-14-23-21)26-18-13-17(30-2)11-12-19(18)31-3/h7-14H,4-6H2,1-3H3,(H2,23,24,25,26). The van der Waals surface area contributed by atoms with E-state index in [0.29, 0.717) is 22.9 Å². The zero-order chi connectivity index (χ0) is 22.2. The van der Waals surface area contributed by atoms with Gasteiger partial charge in [0.05, 0.1) is 24.8 Å². The molecule has 9 nitrogen and oxygen atoms in total. The molecule has 0 atom stereocenters. The SMILES string of the molecule is CCCCc1ccc(Nc2ncnc(Nc3cc(OC)ccc3OC)c2[N+](=O)[O-])cc1. The van der Waals surface area contributed by atoms with Crippen molar-refractivity contribution in [3.63, 3.8) is 0 Å². The molecular weight excluding hydrogens is 398 g/mol. The largest absolute Gasteiger partial charge is 0.497 e. The average molecular weight is 423 g/mol. The third-order valence-electron chi connectivity index (χ3n) is 4.70. The van der Waals surface area contributed by atoms with Crippen LogP contribution in [0.1, 0.15) is 25.3 Å². The van der Waals surface area contributed by atoms with Crippen LogP contribution in [0.25, 0.3) is 0 Å². The molecule has 31 heavy (non-hydrogen) atoms. The van der Waals surface area contributed by atoms with Crippen LogP contribution >= 0.6 is 0 Å². The third kappa shape index (κ3) is 5.39. The Kier molecular flexibility index (Phi) is 7.21. The zero-order valence-electron chi connectivity index (χ0n) is 17.7. The number of hydrogen-bond donors (Lipinski definition) is 2. The first-order chi connectivity index (χ1) is 15.0. The summed E-state index contributed by atoms with van der Waals surface area (Å²) in [4.78, 5) is 19.5. The zero-order valence-corrected chi connectivity index (χ0v) is 17.7. The number of unbranched alkanes of at least 4 members (excludes halogenated alkanes) is 1. The molecule has 0 aliphatic rings. The summed E-state index contributed by atoms with van der Waals surface area (Å²) in [6.45, 7) is 2.15. The molecule has 0 unspecified atom stereocenters. The number of nitro groups is 1. The number of nitrogens with one attached hydrogen (secondary N) is 2. The molecule has 0 amide bonds. The maximum Gasteiger partial charge on any atom is 0.353 e. The maximum atomic E-state index is 11.9. The average Bonchev–Trinajstić information content (AvgIpc) is 2.78. The minimum Gasteiger partial charge on any atom is -0.497 e. The molecule has 2 N–H and O–H groups in total. The van der Waals surface area contributed by atoms with E-state index in [1.165, 1.54) is 26.1 Å². The van der Waals surface area contributed by atoms with Crippen molar-refractivity contribution in [2.75, 3.05) is 24.9 Å². The number of nitrogens with zero attached hydrogens (tertiary/aromatic N) is 3. The van der Waals surface area contributed by atoms with E-state index in [1.807, 2.05) is 24.3 Å². The first-order valence-corrected chi connectivity index (χ1v) is 9.90. The minimum absolute atomic E-state index is 0.0358. The topological polar surface area (TPSA) is 111 Å². The Hall–Kier alpha value is -3.88. The lowest BCUT2D eigenvalue weighted by Gasteiger charge is -2.13. The van der Waals surface area contributed by atoms with Crippen LogP contribution in [0.5, 0.6) is 11.5 Å². The molecule has 0 aliphatic carbocycles. The van der Waals surface area contributed by atoms with Crippen molar-refractivity contribution in [3.05, 3.63) is 64.5 Å². The Balaban J connectivity index is 1.91. The molecule has 0 saturated carbocycles. The summed E-state index contributed by atoms with van der Waals surface area (Å²) in [5.41, 5.74) is 2.13. The van der Waals surface area contributed by atoms with Crippen molar-refractivity contribution in [2.45, 2.75) is 26.2 Å². The predicted molar refractivity (Wildman–Crippen MR) is 120 cm³/mol. The number of aromatic nitrogens is 2. The second kappa shape index (κ2) is 10.2. The van der Waals surface area contributed by atoms with Gasteiger partial charge in [-0.05, 0) is 42.7 Å². The van der Waals surface area contributed by atoms with E-state index in [2.05, 4.69) is 27.5 Å². The Morgan fingerprint density at radius 3 is 2.32 bits per heavy atom. The van der Waals surface area contributed by atoms with Gasteiger partial charge in [0.1, 0.15) is 17.8 Å². The number of aryl methyl sites for hydroxylation is 1. The molecule has 3 aromatic rings. The Morgan fingerprint density at radius 1 is 1.00 bits per heavy atom. The fourth-order valence-corrected chi connectivity index (χ4v) is 3.05. The number of ether oxygens (including phenoxy) is 2. The lowest BCUT2D eigenvalue weighted by Crippen LogP contribution is -2.06. The monoisotopic (exact) mass is 423 g/mol. The second-order valence-corrected chi connectivity index (χ2v) is 6.79. The molecule has 0 spiro atoms. The highest BCUT2D eigenvalue weighted by atomic mass is 16.6. The van der Waals surface area contributed by atoms with E-state index in [-0.39, 0.29) is 17.3 Å². The second-order valence-electron chi connectivity index (χ2n) is 6.79. The van der Waals surface area contributed by atoms with Crippen LogP contribution in [0, 0.1) is 10.1 Å². The lowest BCUT2D eigenvalue weighted by molar-refractivity contribution is -0.383. The summed E-state index contributed by atoms with van der Waals surface area (Å²) < 4.78 is 10.6. The number of hydrogen-bond acceptors (Lipinski definition) is 8. The van der Waals surface area contributed by atoms with Crippen LogP contribution in [0.4, 0.5) is 28.7 Å². The van der Waals surface area contributed by atoms with E-state index in [1.54, 1.807) is 18.2 Å². The van der Waals surface area contributed by atoms with Gasteiger partial charge in [-0.3, -0.25) is 10.1 Å². The van der Waals surface area contributed by atoms with Crippen LogP contribution in [-0.4, -0.2) is 29.1 Å². The highest BCUT2D eigenvalue weighted by Crippen LogP contribution is 2.36. The van der Waals surface area contributed by atoms with E-state index in [0.717, 1.165) is 19.3 Å². The van der Waals surface area contributed by atoms with Crippen LogP contribution < -0.4 is 20.1 Å². The van der Waals surface area contributed by atoms with Gasteiger partial charge in [0.2, 0.25) is 11.6 Å². The predicted octanol–water partition coefficient (Wildman–Crippen LogP) is 5.23. The van der Waals surface area contributed by atoms with Crippen molar-refractivity contribution < 1.29 is 14.4 Å². The molecular formula is C22H25N5O4. The summed E-state index contributed by atoms with van der Waals surface area (Å²) in [5, 5.41) is 17.9. The van der Waals surface area contributed by atoms with E-state index >= 15 is 0 Å². The molecule has 2 aromatic carbocycles. The highest BCUT2D eigenvalue weighted by Gasteiger charge is 2.24. The summed E-state index contributed by atoms with van der Waals surface area (Å²) in [6.07, 6.45) is 4.51. The van der Waals surface area contributed by atoms with Crippen molar-refractivity contribution >= 4 is 28.7 Å². The molecule has 3 rings (SSSR count). The summed E-state index contributed by atoms with van der Waals surface area (Å²) in [7, 11) is 3.05. The normalized spacial score (nSPS) is 10.4. The van der Waals surface area contributed by atoms with Crippen LogP contribution in [0.2, 0.25) is 0 Å². The van der Waals surface area contributed by atoms with Gasteiger partial charge in [-0.15, -0.1) is 0 Å². The summed E-state index contributed by atoms with van der Waals surface area (Å²) in [5.74, 6) is 1.19. The third-order valence-corrected chi connectivity index (χ3v) is 4.70. The van der Waals surface area contributed by atoms with Crippen molar-refractivity contribution in [3.8, 4) is 11.5 Å². The maximum absolute atomic E-state index is 11.9. The molecule has 1 heterocycles. The molecule has 0 aliphatic heterocycles. The summed E-state index contributed by atoms with van der Waals surface area (Å²) >= 11 is 0. The van der Waals surface area contributed by atoms with Gasteiger partial charge in [-0.2, -0.15) is 0 Å². The van der Waals surface area contributed by atoms with Gasteiger partial charge in [0, 0.05) is 11.8 Å². The number of anilines is 4. The minimum atomic E-state index is -0.521. The molecule has 0 saturated heterocycles. The fourth-order valence-electron chi connectivity index (χ4n) is 3.05. The van der Waals surface area contributed by atoms with Crippen LogP contribution in [0.15, 0.2) is 48.8 Å². The van der Waals surface area contributed by atoms with Gasteiger partial charge in [0.25, 0.3) is 0 Å². The van der Waals surface area contributed by atoms with Gasteiger partial charge in [0.15, 0.2) is 0 Å². The Morgan fingerprint density at radius 2 is 1.71 bits per heavy atom. The Labute approximate surface area is 180 Å². The van der Waals surface area contributed by atoms with E-state index < -0.39 is 4.92 Å². The number of rotatable bonds is 10. The Bertz CT molecular complexity index is 1040. The fraction of sp³-hybridized carbons (Fsp3) is 0.273. The van der Waals surface area contributed by atoms with Crippen molar-refractivity contribution in [1.82, 2.24) is 9.97 Å². The number of methoxy groups -OCH3 is 2. The molecule has 0 fully saturated rings. The number of benzene rings is 2. The lowest BCUT2D eigenvalue weighted by atomic mass is 10.1. The van der Waals surface area contributed by atoms with Gasteiger partial charge in [-0.1, -0.05) is 25.5 Å². The van der Waals surface area contributed by atoms with Gasteiger partial charge >= 0.3 is 5.69 Å². The van der Waals surface area contributed by atoms with Crippen LogP contribution in [-0.2, 0) is 6.42 Å². The van der Waals surface area contributed by atoms with E-state index in [9.17, 15) is 10.1 Å². The quantitative estimate of drug-likeness (QED) is 0.337. The van der Waals surface area contributed by atoms with E-state index in [4.69, 9.17) is 9.47 Å². The van der Waals surface area contributed by atoms with Crippen molar-refractivity contribution in [1.29, 1.82) is 0 Å². The molecule has 0 bridgehead atoms. The first-order valence-electron chi connectivity index (χ1n) is 9.90. The van der Waals surface area contributed by atoms with Crippen LogP contribution in [0.3, 0.4) is 0 Å². The molecule has 9 heteroatoms. The smallest absolute Gasteiger partial charge is 0.353 e. The molecule has 162 valence electrons. The van der Waals surface area contributed by atoms with Gasteiger partial charge in [-0.25, -0.2) is 9.97 Å². The highest BCUT2D eigenvalue weighted by molar-refractivity contribution is 5.78. The summed E-state index contributed by atoms with van der Waals surface area (Å²) in [6, 6.07) is 12.9. The van der Waals surface area contributed by atoms with Gasteiger partial charge < -0.3 is 20.1 Å². The van der Waals surface area contributed by atoms with Crippen molar-refractivity contribution in [2.24, 2.45) is 0 Å².